The Morgan fingerprint density at radius 2 is 2.06 bits per heavy atom. The normalized spacial score (nSPS) is 19.8. The van der Waals surface area contributed by atoms with Gasteiger partial charge in [0.25, 0.3) is 5.91 Å². The molecule has 0 aliphatic carbocycles. The van der Waals surface area contributed by atoms with Gasteiger partial charge in [-0.3, -0.25) is 9.78 Å². The second kappa shape index (κ2) is 5.31. The fraction of sp³-hybridized carbons (Fsp3) is 0.571. The monoisotopic (exact) mass is 264 g/mol. The molecule has 1 aliphatic rings. The molecule has 0 unspecified atom stereocenters. The van der Waals surface area contributed by atoms with E-state index in [1.54, 1.807) is 24.5 Å². The lowest BCUT2D eigenvalue weighted by Gasteiger charge is -2.40. The van der Waals surface area contributed by atoms with E-state index in [1.807, 2.05) is 16.7 Å². The third-order valence-electron chi connectivity index (χ3n) is 3.14. The van der Waals surface area contributed by atoms with E-state index < -0.39 is 0 Å². The van der Waals surface area contributed by atoms with Crippen LogP contribution in [0.25, 0.3) is 0 Å². The number of pyridine rings is 1. The molecule has 1 aromatic heterocycles. The van der Waals surface area contributed by atoms with E-state index in [-0.39, 0.29) is 11.4 Å². The van der Waals surface area contributed by atoms with Crippen LogP contribution in [0.15, 0.2) is 24.5 Å². The zero-order valence-electron chi connectivity index (χ0n) is 11.2. The first kappa shape index (κ1) is 13.4. The van der Waals surface area contributed by atoms with Crippen molar-refractivity contribution in [2.75, 3.05) is 11.5 Å². The van der Waals surface area contributed by atoms with Crippen molar-refractivity contribution in [1.82, 2.24) is 9.88 Å². The highest BCUT2D eigenvalue weighted by Gasteiger charge is 2.35. The highest BCUT2D eigenvalue weighted by atomic mass is 32.2. The van der Waals surface area contributed by atoms with Gasteiger partial charge >= 0.3 is 0 Å². The molecule has 0 spiro atoms. The van der Waals surface area contributed by atoms with Crippen LogP contribution in [0.4, 0.5) is 0 Å². The van der Waals surface area contributed by atoms with E-state index in [4.69, 9.17) is 0 Å². The minimum Gasteiger partial charge on any atom is -0.330 e. The number of carbonyl (C=O) groups is 1. The van der Waals surface area contributed by atoms with Crippen LogP contribution in [0.1, 0.15) is 37.6 Å². The quantitative estimate of drug-likeness (QED) is 0.823. The minimum atomic E-state index is -0.143. The zero-order valence-corrected chi connectivity index (χ0v) is 12.0. The lowest BCUT2D eigenvalue weighted by molar-refractivity contribution is 0.0474. The summed E-state index contributed by atoms with van der Waals surface area (Å²) in [5, 5.41) is 0. The molecule has 0 N–H and O–H groups in total. The molecule has 98 valence electrons. The van der Waals surface area contributed by atoms with Crippen LogP contribution in [-0.4, -0.2) is 38.9 Å². The van der Waals surface area contributed by atoms with Crippen molar-refractivity contribution in [3.05, 3.63) is 30.1 Å². The lowest BCUT2D eigenvalue weighted by atomic mass is 10.00. The molecule has 0 bridgehead atoms. The molecular formula is C14H20N2OS. The molecule has 1 aliphatic heterocycles. The van der Waals surface area contributed by atoms with Gasteiger partial charge in [0, 0.05) is 35.3 Å². The molecule has 0 saturated carbocycles. The summed E-state index contributed by atoms with van der Waals surface area (Å²) in [4.78, 5) is 18.7. The van der Waals surface area contributed by atoms with Crippen molar-refractivity contribution in [1.29, 1.82) is 0 Å². The fourth-order valence-electron chi connectivity index (χ4n) is 2.38. The van der Waals surface area contributed by atoms with Gasteiger partial charge in [0.2, 0.25) is 0 Å². The van der Waals surface area contributed by atoms with Gasteiger partial charge in [-0.1, -0.05) is 0 Å². The molecule has 2 heterocycles. The van der Waals surface area contributed by atoms with Crippen LogP contribution < -0.4 is 0 Å². The molecule has 3 nitrogen and oxygen atoms in total. The van der Waals surface area contributed by atoms with Gasteiger partial charge in [-0.2, -0.15) is 11.8 Å². The van der Waals surface area contributed by atoms with Gasteiger partial charge in [0.15, 0.2) is 0 Å². The maximum Gasteiger partial charge on any atom is 0.254 e. The summed E-state index contributed by atoms with van der Waals surface area (Å²) in [5.74, 6) is 2.33. The van der Waals surface area contributed by atoms with E-state index in [2.05, 4.69) is 25.8 Å². The number of amides is 1. The second-order valence-electron chi connectivity index (χ2n) is 5.60. The molecule has 0 aromatic carbocycles. The van der Waals surface area contributed by atoms with Crippen molar-refractivity contribution in [2.45, 2.75) is 38.8 Å². The SMILES string of the molecule is CC(C)(C)N(C(=O)c1ccncc1)[C@@H]1CCSC1. The van der Waals surface area contributed by atoms with E-state index >= 15 is 0 Å². The van der Waals surface area contributed by atoms with Crippen LogP contribution in [0.5, 0.6) is 0 Å². The molecule has 1 aromatic rings. The van der Waals surface area contributed by atoms with E-state index in [0.29, 0.717) is 6.04 Å². The molecule has 4 heteroatoms. The van der Waals surface area contributed by atoms with E-state index in [9.17, 15) is 4.79 Å². The molecule has 2 rings (SSSR count). The largest absolute Gasteiger partial charge is 0.330 e. The van der Waals surface area contributed by atoms with E-state index in [1.165, 1.54) is 0 Å². The van der Waals surface area contributed by atoms with Crippen molar-refractivity contribution < 1.29 is 4.79 Å². The number of thioether (sulfide) groups is 1. The second-order valence-corrected chi connectivity index (χ2v) is 6.75. The molecule has 1 saturated heterocycles. The Kier molecular flexibility index (Phi) is 3.95. The van der Waals surface area contributed by atoms with Crippen molar-refractivity contribution in [3.63, 3.8) is 0 Å². The van der Waals surface area contributed by atoms with Crippen LogP contribution >= 0.6 is 11.8 Å². The molecule has 1 atom stereocenters. The maximum absolute atomic E-state index is 12.7. The summed E-state index contributed by atoms with van der Waals surface area (Å²) in [5.41, 5.74) is 0.590. The third-order valence-corrected chi connectivity index (χ3v) is 4.28. The van der Waals surface area contributed by atoms with Crippen molar-refractivity contribution >= 4 is 17.7 Å². The summed E-state index contributed by atoms with van der Waals surface area (Å²) in [7, 11) is 0. The highest BCUT2D eigenvalue weighted by molar-refractivity contribution is 7.99. The smallest absolute Gasteiger partial charge is 0.254 e. The number of aromatic nitrogens is 1. The van der Waals surface area contributed by atoms with Crippen LogP contribution in [-0.2, 0) is 0 Å². The summed E-state index contributed by atoms with van der Waals surface area (Å²) in [6.07, 6.45) is 4.45. The van der Waals surface area contributed by atoms with Gasteiger partial charge in [0.1, 0.15) is 0 Å². The molecular weight excluding hydrogens is 244 g/mol. The van der Waals surface area contributed by atoms with Gasteiger partial charge in [-0.25, -0.2) is 0 Å². The standard InChI is InChI=1S/C14H20N2OS/c1-14(2,3)16(12-6-9-18-10-12)13(17)11-4-7-15-8-5-11/h4-5,7-8,12H,6,9-10H2,1-3H3/t12-/m1/s1. The van der Waals surface area contributed by atoms with Crippen LogP contribution in [0.3, 0.4) is 0 Å². The van der Waals surface area contributed by atoms with Crippen LogP contribution in [0.2, 0.25) is 0 Å². The first-order chi connectivity index (χ1) is 8.50. The predicted molar refractivity (Wildman–Crippen MR) is 75.9 cm³/mol. The number of rotatable bonds is 2. The Morgan fingerprint density at radius 1 is 1.39 bits per heavy atom. The van der Waals surface area contributed by atoms with Gasteiger partial charge in [0.05, 0.1) is 0 Å². The zero-order chi connectivity index (χ0) is 13.2. The third kappa shape index (κ3) is 2.86. The Bertz CT molecular complexity index is 408. The highest BCUT2D eigenvalue weighted by Crippen LogP contribution is 2.29. The maximum atomic E-state index is 12.7. The lowest BCUT2D eigenvalue weighted by Crippen LogP contribution is -2.51. The average Bonchev–Trinajstić information content (AvgIpc) is 2.82. The first-order valence-corrected chi connectivity index (χ1v) is 7.47. The Labute approximate surface area is 113 Å². The van der Waals surface area contributed by atoms with Gasteiger partial charge < -0.3 is 4.90 Å². The summed E-state index contributed by atoms with van der Waals surface area (Å²) >= 11 is 1.93. The molecule has 18 heavy (non-hydrogen) atoms. The predicted octanol–water partition coefficient (Wildman–Crippen LogP) is 2.83. The van der Waals surface area contributed by atoms with E-state index in [0.717, 1.165) is 23.5 Å². The van der Waals surface area contributed by atoms with Crippen LogP contribution in [0, 0.1) is 0 Å². The van der Waals surface area contributed by atoms with Gasteiger partial charge in [-0.05, 0) is 45.1 Å². The number of nitrogens with zero attached hydrogens (tertiary/aromatic N) is 2. The molecule has 1 fully saturated rings. The molecule has 1 amide bonds. The number of hydrogen-bond acceptors (Lipinski definition) is 3. The topological polar surface area (TPSA) is 33.2 Å². The van der Waals surface area contributed by atoms with Crippen molar-refractivity contribution in [3.8, 4) is 0 Å². The Morgan fingerprint density at radius 3 is 2.56 bits per heavy atom. The number of carbonyl (C=O) groups excluding carboxylic acids is 1. The van der Waals surface area contributed by atoms with Gasteiger partial charge in [-0.15, -0.1) is 0 Å². The average molecular weight is 264 g/mol. The van der Waals surface area contributed by atoms with Crippen molar-refractivity contribution in [2.24, 2.45) is 0 Å². The summed E-state index contributed by atoms with van der Waals surface area (Å²) in [6, 6.07) is 3.95. The fourth-order valence-corrected chi connectivity index (χ4v) is 3.57. The Hall–Kier alpha value is -1.03. The molecule has 0 radical (unpaired) electrons. The first-order valence-electron chi connectivity index (χ1n) is 6.31. The Balaban J connectivity index is 2.27. The minimum absolute atomic E-state index is 0.123. The number of hydrogen-bond donors (Lipinski definition) is 0. The summed E-state index contributed by atoms with van der Waals surface area (Å²) in [6.45, 7) is 6.32. The summed E-state index contributed by atoms with van der Waals surface area (Å²) < 4.78 is 0.